The number of hydrogen-bond acceptors (Lipinski definition) is 2. The normalized spacial score (nSPS) is 36.5. The highest BCUT2D eigenvalue weighted by Crippen LogP contribution is 2.57. The Bertz CT molecular complexity index is 313. The van der Waals surface area contributed by atoms with Gasteiger partial charge >= 0.3 is 0 Å². The molecular formula is C14H25NO. The Hall–Kier alpha value is -0.620. The number of aliphatic imine (C=N–C) groups is 1. The summed E-state index contributed by atoms with van der Waals surface area (Å²) in [5.41, 5.74) is 0.587. The maximum Gasteiger partial charge on any atom is 0.235 e. The Balaban J connectivity index is 3.12. The minimum Gasteiger partial charge on any atom is -0.211 e. The zero-order chi connectivity index (χ0) is 12.6. The van der Waals surface area contributed by atoms with Crippen LogP contribution in [0.2, 0.25) is 0 Å². The van der Waals surface area contributed by atoms with Gasteiger partial charge in [-0.05, 0) is 29.1 Å². The van der Waals surface area contributed by atoms with Gasteiger partial charge in [0.2, 0.25) is 6.08 Å². The Labute approximate surface area is 99.5 Å². The highest BCUT2D eigenvalue weighted by molar-refractivity contribution is 5.34. The van der Waals surface area contributed by atoms with Gasteiger partial charge in [0.1, 0.15) is 0 Å². The first-order valence-corrected chi connectivity index (χ1v) is 6.25. The second-order valence-electron chi connectivity index (χ2n) is 6.89. The lowest BCUT2D eigenvalue weighted by Crippen LogP contribution is -2.51. The minimum absolute atomic E-state index is 0.0685. The van der Waals surface area contributed by atoms with Crippen molar-refractivity contribution < 1.29 is 4.79 Å². The van der Waals surface area contributed by atoms with Crippen LogP contribution in [0.4, 0.5) is 0 Å². The average Bonchev–Trinajstić information content (AvgIpc) is 2.14. The largest absolute Gasteiger partial charge is 0.235 e. The molecule has 0 aromatic carbocycles. The third kappa shape index (κ3) is 2.08. The number of carbonyl (C=O) groups excluding carboxylic acids is 1. The molecular weight excluding hydrogens is 198 g/mol. The van der Waals surface area contributed by atoms with Crippen LogP contribution in [0.3, 0.4) is 0 Å². The maximum atomic E-state index is 10.6. The molecule has 0 aromatic rings. The lowest BCUT2D eigenvalue weighted by atomic mass is 9.50. The monoisotopic (exact) mass is 223 g/mol. The Kier molecular flexibility index (Phi) is 3.36. The number of nitrogens with zero attached hydrogens (tertiary/aromatic N) is 1. The van der Waals surface area contributed by atoms with Gasteiger partial charge in [0.15, 0.2) is 0 Å². The van der Waals surface area contributed by atoms with E-state index in [1.54, 1.807) is 6.08 Å². The van der Waals surface area contributed by atoms with Crippen LogP contribution in [0, 0.1) is 16.2 Å². The van der Waals surface area contributed by atoms with Crippen LogP contribution in [-0.2, 0) is 4.79 Å². The minimum atomic E-state index is 0.0685. The molecule has 1 saturated carbocycles. The Morgan fingerprint density at radius 2 is 1.81 bits per heavy atom. The molecule has 1 fully saturated rings. The molecule has 0 bridgehead atoms. The zero-order valence-corrected chi connectivity index (χ0v) is 11.6. The second kappa shape index (κ2) is 4.00. The fraction of sp³-hybridized carbons (Fsp3) is 0.929. The summed E-state index contributed by atoms with van der Waals surface area (Å²) >= 11 is 0. The van der Waals surface area contributed by atoms with Gasteiger partial charge in [0.25, 0.3) is 0 Å². The predicted octanol–water partition coefficient (Wildman–Crippen LogP) is 3.95. The summed E-state index contributed by atoms with van der Waals surface area (Å²) in [6, 6.07) is 0.110. The molecule has 0 aromatic heterocycles. The summed E-state index contributed by atoms with van der Waals surface area (Å²) in [5.74, 6) is 0. The van der Waals surface area contributed by atoms with Crippen molar-refractivity contribution >= 4 is 6.08 Å². The molecule has 92 valence electrons. The fourth-order valence-electron chi connectivity index (χ4n) is 3.08. The quantitative estimate of drug-likeness (QED) is 0.515. The number of rotatable bonds is 2. The van der Waals surface area contributed by atoms with Crippen LogP contribution in [0.1, 0.15) is 60.8 Å². The SMILES string of the molecule is CCC1(C)CC(N=C=O)C(C)(C)C(C)(C)C1. The standard InChI is InChI=1S/C14H25NO/c1-7-14(6)8-11(15-10-16)13(4,5)12(2,3)9-14/h11H,7-9H2,1-6H3. The van der Waals surface area contributed by atoms with Crippen LogP contribution in [-0.4, -0.2) is 12.1 Å². The zero-order valence-electron chi connectivity index (χ0n) is 11.6. The van der Waals surface area contributed by atoms with Gasteiger partial charge in [0.05, 0.1) is 6.04 Å². The molecule has 2 heteroatoms. The van der Waals surface area contributed by atoms with Crippen molar-refractivity contribution in [3.63, 3.8) is 0 Å². The van der Waals surface area contributed by atoms with E-state index in [9.17, 15) is 4.79 Å². The third-order valence-corrected chi connectivity index (χ3v) is 5.19. The highest BCUT2D eigenvalue weighted by atomic mass is 16.1. The van der Waals surface area contributed by atoms with E-state index in [2.05, 4.69) is 46.5 Å². The second-order valence-corrected chi connectivity index (χ2v) is 6.89. The van der Waals surface area contributed by atoms with Gasteiger partial charge in [0, 0.05) is 0 Å². The van der Waals surface area contributed by atoms with Gasteiger partial charge in [-0.25, -0.2) is 9.79 Å². The Morgan fingerprint density at radius 1 is 1.25 bits per heavy atom. The molecule has 16 heavy (non-hydrogen) atoms. The smallest absolute Gasteiger partial charge is 0.211 e. The van der Waals surface area contributed by atoms with E-state index in [0.717, 1.165) is 12.8 Å². The summed E-state index contributed by atoms with van der Waals surface area (Å²) < 4.78 is 0. The van der Waals surface area contributed by atoms with Crippen molar-refractivity contribution in [1.82, 2.24) is 0 Å². The van der Waals surface area contributed by atoms with E-state index in [-0.39, 0.29) is 16.9 Å². The van der Waals surface area contributed by atoms with Gasteiger partial charge in [-0.3, -0.25) is 0 Å². The molecule has 2 unspecified atom stereocenters. The first kappa shape index (κ1) is 13.4. The predicted molar refractivity (Wildman–Crippen MR) is 67.1 cm³/mol. The van der Waals surface area contributed by atoms with Gasteiger partial charge in [-0.15, -0.1) is 0 Å². The molecule has 0 aliphatic heterocycles. The molecule has 2 nitrogen and oxygen atoms in total. The van der Waals surface area contributed by atoms with Crippen molar-refractivity contribution in [2.24, 2.45) is 21.2 Å². The number of hydrogen-bond donors (Lipinski definition) is 0. The van der Waals surface area contributed by atoms with E-state index in [4.69, 9.17) is 0 Å². The lowest BCUT2D eigenvalue weighted by Gasteiger charge is -2.55. The molecule has 0 radical (unpaired) electrons. The molecule has 0 amide bonds. The molecule has 0 saturated heterocycles. The van der Waals surface area contributed by atoms with Crippen molar-refractivity contribution in [3.8, 4) is 0 Å². The lowest BCUT2D eigenvalue weighted by molar-refractivity contribution is -0.0393. The van der Waals surface area contributed by atoms with Crippen molar-refractivity contribution in [3.05, 3.63) is 0 Å². The van der Waals surface area contributed by atoms with Crippen LogP contribution in [0.5, 0.6) is 0 Å². The van der Waals surface area contributed by atoms with E-state index >= 15 is 0 Å². The third-order valence-electron chi connectivity index (χ3n) is 5.19. The fourth-order valence-corrected chi connectivity index (χ4v) is 3.08. The molecule has 0 N–H and O–H groups in total. The Morgan fingerprint density at radius 3 is 2.25 bits per heavy atom. The van der Waals surface area contributed by atoms with Crippen molar-refractivity contribution in [1.29, 1.82) is 0 Å². The van der Waals surface area contributed by atoms with Crippen LogP contribution >= 0.6 is 0 Å². The topological polar surface area (TPSA) is 29.4 Å². The van der Waals surface area contributed by atoms with E-state index in [0.29, 0.717) is 5.41 Å². The maximum absolute atomic E-state index is 10.6. The first-order chi connectivity index (χ1) is 7.18. The molecule has 0 spiro atoms. The van der Waals surface area contributed by atoms with Crippen molar-refractivity contribution in [2.45, 2.75) is 66.8 Å². The molecule has 1 aliphatic rings. The molecule has 2 atom stereocenters. The first-order valence-electron chi connectivity index (χ1n) is 6.25. The van der Waals surface area contributed by atoms with Crippen LogP contribution in [0.25, 0.3) is 0 Å². The van der Waals surface area contributed by atoms with E-state index < -0.39 is 0 Å². The summed E-state index contributed by atoms with van der Waals surface area (Å²) in [6.45, 7) is 13.6. The summed E-state index contributed by atoms with van der Waals surface area (Å²) in [4.78, 5) is 14.6. The van der Waals surface area contributed by atoms with Crippen LogP contribution < -0.4 is 0 Å². The van der Waals surface area contributed by atoms with E-state index in [1.165, 1.54) is 6.42 Å². The van der Waals surface area contributed by atoms with Crippen LogP contribution in [0.15, 0.2) is 4.99 Å². The number of isocyanates is 1. The highest BCUT2D eigenvalue weighted by Gasteiger charge is 2.52. The molecule has 1 rings (SSSR count). The summed E-state index contributed by atoms with van der Waals surface area (Å²) in [7, 11) is 0. The summed E-state index contributed by atoms with van der Waals surface area (Å²) in [5, 5.41) is 0. The van der Waals surface area contributed by atoms with Gasteiger partial charge in [-0.2, -0.15) is 0 Å². The van der Waals surface area contributed by atoms with E-state index in [1.807, 2.05) is 0 Å². The van der Waals surface area contributed by atoms with Crippen molar-refractivity contribution in [2.75, 3.05) is 0 Å². The van der Waals surface area contributed by atoms with Gasteiger partial charge < -0.3 is 0 Å². The molecule has 0 heterocycles. The summed E-state index contributed by atoms with van der Waals surface area (Å²) in [6.07, 6.45) is 5.13. The average molecular weight is 223 g/mol. The molecule has 1 aliphatic carbocycles. The van der Waals surface area contributed by atoms with Gasteiger partial charge in [-0.1, -0.05) is 48.0 Å².